The summed E-state index contributed by atoms with van der Waals surface area (Å²) in [4.78, 5) is 32.1. The number of aromatic nitrogens is 2. The minimum Gasteiger partial charge on any atom is -0.324 e. The Labute approximate surface area is 163 Å². The smallest absolute Gasteiger partial charge is 0.263 e. The molecule has 0 aliphatic rings. The molecule has 0 spiro atoms. The number of amides is 1. The van der Waals surface area contributed by atoms with Gasteiger partial charge in [0.05, 0.1) is 11.7 Å². The van der Waals surface area contributed by atoms with E-state index in [-0.39, 0.29) is 11.5 Å². The van der Waals surface area contributed by atoms with E-state index in [1.54, 1.807) is 6.92 Å². The SMILES string of the molecule is CCc1cccc(CC)c1NC(=O)C(C)n1cnc2sc(C)c(C)c2c1=O. The number of nitrogens with one attached hydrogen (secondary N) is 1. The number of benzene rings is 1. The first-order valence-electron chi connectivity index (χ1n) is 9.27. The first-order valence-corrected chi connectivity index (χ1v) is 10.1. The topological polar surface area (TPSA) is 64.0 Å². The fourth-order valence-electron chi connectivity index (χ4n) is 3.28. The Kier molecular flexibility index (Phi) is 5.46. The highest BCUT2D eigenvalue weighted by molar-refractivity contribution is 7.18. The zero-order valence-corrected chi connectivity index (χ0v) is 17.2. The third-order valence-electron chi connectivity index (χ3n) is 5.16. The second-order valence-electron chi connectivity index (χ2n) is 6.74. The van der Waals surface area contributed by atoms with E-state index in [4.69, 9.17) is 0 Å². The Balaban J connectivity index is 1.98. The number of anilines is 1. The summed E-state index contributed by atoms with van der Waals surface area (Å²) < 4.78 is 1.43. The van der Waals surface area contributed by atoms with Crippen molar-refractivity contribution in [3.8, 4) is 0 Å². The van der Waals surface area contributed by atoms with Crippen LogP contribution in [0.2, 0.25) is 0 Å². The lowest BCUT2D eigenvalue weighted by atomic mass is 10.0. The fourth-order valence-corrected chi connectivity index (χ4v) is 4.27. The fraction of sp³-hybridized carbons (Fsp3) is 0.381. The zero-order chi connectivity index (χ0) is 19.7. The van der Waals surface area contributed by atoms with Crippen molar-refractivity contribution >= 4 is 33.1 Å². The van der Waals surface area contributed by atoms with E-state index >= 15 is 0 Å². The number of thiophene rings is 1. The number of carbonyl (C=O) groups is 1. The monoisotopic (exact) mass is 383 g/mol. The van der Waals surface area contributed by atoms with E-state index in [1.807, 2.05) is 32.0 Å². The molecule has 5 nitrogen and oxygen atoms in total. The van der Waals surface area contributed by atoms with E-state index in [0.717, 1.165) is 44.9 Å². The Bertz CT molecular complexity index is 1040. The molecule has 1 aromatic carbocycles. The highest BCUT2D eigenvalue weighted by Crippen LogP contribution is 2.27. The van der Waals surface area contributed by atoms with Gasteiger partial charge in [-0.2, -0.15) is 0 Å². The van der Waals surface area contributed by atoms with Crippen molar-refractivity contribution in [3.05, 3.63) is 56.4 Å². The van der Waals surface area contributed by atoms with Gasteiger partial charge < -0.3 is 5.32 Å². The average Bonchev–Trinajstić information content (AvgIpc) is 2.96. The average molecular weight is 384 g/mol. The minimum atomic E-state index is -0.649. The van der Waals surface area contributed by atoms with Gasteiger partial charge in [-0.25, -0.2) is 4.98 Å². The molecule has 0 bridgehead atoms. The van der Waals surface area contributed by atoms with Crippen molar-refractivity contribution in [2.45, 2.75) is 53.5 Å². The maximum absolute atomic E-state index is 13.0. The molecule has 0 aliphatic heterocycles. The van der Waals surface area contributed by atoms with Crippen molar-refractivity contribution in [3.63, 3.8) is 0 Å². The summed E-state index contributed by atoms with van der Waals surface area (Å²) in [5.41, 5.74) is 3.84. The summed E-state index contributed by atoms with van der Waals surface area (Å²) >= 11 is 1.51. The third kappa shape index (κ3) is 3.41. The molecule has 3 aromatic rings. The Morgan fingerprint density at radius 3 is 2.44 bits per heavy atom. The molecule has 2 aromatic heterocycles. The summed E-state index contributed by atoms with van der Waals surface area (Å²) in [6.07, 6.45) is 3.15. The van der Waals surface area contributed by atoms with E-state index in [9.17, 15) is 9.59 Å². The number of fused-ring (bicyclic) bond motifs is 1. The minimum absolute atomic E-state index is 0.163. The van der Waals surface area contributed by atoms with Crippen LogP contribution in [0.4, 0.5) is 5.69 Å². The Morgan fingerprint density at radius 2 is 1.85 bits per heavy atom. The summed E-state index contributed by atoms with van der Waals surface area (Å²) in [6, 6.07) is 5.41. The van der Waals surface area contributed by atoms with Crippen LogP contribution in [0, 0.1) is 13.8 Å². The molecule has 0 saturated heterocycles. The number of rotatable bonds is 5. The summed E-state index contributed by atoms with van der Waals surface area (Å²) in [6.45, 7) is 9.78. The lowest BCUT2D eigenvalue weighted by molar-refractivity contribution is -0.118. The molecule has 1 N–H and O–H groups in total. The number of nitrogens with zero attached hydrogens (tertiary/aromatic N) is 2. The van der Waals surface area contributed by atoms with Crippen LogP contribution in [0.3, 0.4) is 0 Å². The number of hydrogen-bond donors (Lipinski definition) is 1. The zero-order valence-electron chi connectivity index (χ0n) is 16.4. The van der Waals surface area contributed by atoms with E-state index in [1.165, 1.54) is 22.2 Å². The summed E-state index contributed by atoms with van der Waals surface area (Å²) in [5.74, 6) is -0.210. The summed E-state index contributed by atoms with van der Waals surface area (Å²) in [7, 11) is 0. The van der Waals surface area contributed by atoms with Gasteiger partial charge in [0.1, 0.15) is 10.9 Å². The highest BCUT2D eigenvalue weighted by atomic mass is 32.1. The number of hydrogen-bond acceptors (Lipinski definition) is 4. The quantitative estimate of drug-likeness (QED) is 0.710. The Hall–Kier alpha value is -2.47. The highest BCUT2D eigenvalue weighted by Gasteiger charge is 2.21. The van der Waals surface area contributed by atoms with Crippen LogP contribution in [-0.2, 0) is 17.6 Å². The van der Waals surface area contributed by atoms with Gasteiger partial charge in [0.2, 0.25) is 5.91 Å². The molecule has 1 unspecified atom stereocenters. The van der Waals surface area contributed by atoms with Gasteiger partial charge in [-0.1, -0.05) is 32.0 Å². The molecule has 27 heavy (non-hydrogen) atoms. The number of aryl methyl sites for hydroxylation is 4. The van der Waals surface area contributed by atoms with E-state index < -0.39 is 6.04 Å². The van der Waals surface area contributed by atoms with E-state index in [0.29, 0.717) is 5.39 Å². The first kappa shape index (κ1) is 19.3. The molecule has 0 fully saturated rings. The normalized spacial score (nSPS) is 12.3. The Morgan fingerprint density at radius 1 is 1.22 bits per heavy atom. The number of para-hydroxylation sites is 1. The van der Waals surface area contributed by atoms with Crippen LogP contribution in [-0.4, -0.2) is 15.5 Å². The molecule has 0 radical (unpaired) electrons. The molecule has 2 heterocycles. The van der Waals surface area contributed by atoms with E-state index in [2.05, 4.69) is 24.1 Å². The maximum atomic E-state index is 13.0. The molecule has 3 rings (SSSR count). The molecule has 1 amide bonds. The predicted molar refractivity (Wildman–Crippen MR) is 112 cm³/mol. The molecule has 0 saturated carbocycles. The second kappa shape index (κ2) is 7.64. The van der Waals surface area contributed by atoms with Gasteiger partial charge in [-0.3, -0.25) is 14.2 Å². The van der Waals surface area contributed by atoms with Crippen molar-refractivity contribution in [2.75, 3.05) is 5.32 Å². The summed E-state index contributed by atoms with van der Waals surface area (Å²) in [5, 5.41) is 3.66. The van der Waals surface area contributed by atoms with Gasteiger partial charge in [-0.15, -0.1) is 11.3 Å². The molecule has 6 heteroatoms. The predicted octanol–water partition coefficient (Wildman–Crippen LogP) is 4.40. The molecular formula is C21H25N3O2S. The second-order valence-corrected chi connectivity index (χ2v) is 7.95. The van der Waals surface area contributed by atoms with Crippen LogP contribution in [0.25, 0.3) is 10.2 Å². The van der Waals surface area contributed by atoms with Gasteiger partial charge in [0, 0.05) is 10.6 Å². The van der Waals surface area contributed by atoms with Crippen molar-refractivity contribution < 1.29 is 4.79 Å². The van der Waals surface area contributed by atoms with Crippen LogP contribution in [0.1, 0.15) is 48.4 Å². The molecule has 1 atom stereocenters. The van der Waals surface area contributed by atoms with Crippen LogP contribution in [0.5, 0.6) is 0 Å². The first-order chi connectivity index (χ1) is 12.9. The molecule has 0 aliphatic carbocycles. The molecular weight excluding hydrogens is 358 g/mol. The van der Waals surface area contributed by atoms with Crippen LogP contribution < -0.4 is 10.9 Å². The lowest BCUT2D eigenvalue weighted by Crippen LogP contribution is -2.32. The molecule has 142 valence electrons. The van der Waals surface area contributed by atoms with Crippen molar-refractivity contribution in [2.24, 2.45) is 0 Å². The standard InChI is InChI=1S/C21H25N3O2S/c1-6-15-9-8-10-16(7-2)18(15)23-19(25)13(4)24-11-22-20-17(21(24)26)12(3)14(5)27-20/h8-11,13H,6-7H2,1-5H3,(H,23,25). The van der Waals surface area contributed by atoms with Gasteiger partial charge in [0.15, 0.2) is 0 Å². The van der Waals surface area contributed by atoms with Gasteiger partial charge >= 0.3 is 0 Å². The van der Waals surface area contributed by atoms with Crippen LogP contribution >= 0.6 is 11.3 Å². The van der Waals surface area contributed by atoms with Gasteiger partial charge in [-0.05, 0) is 50.3 Å². The van der Waals surface area contributed by atoms with Crippen LogP contribution in [0.15, 0.2) is 29.3 Å². The van der Waals surface area contributed by atoms with Gasteiger partial charge in [0.25, 0.3) is 5.56 Å². The van der Waals surface area contributed by atoms with Crippen molar-refractivity contribution in [1.29, 1.82) is 0 Å². The number of carbonyl (C=O) groups excluding carboxylic acids is 1. The maximum Gasteiger partial charge on any atom is 0.263 e. The third-order valence-corrected chi connectivity index (χ3v) is 6.27. The largest absolute Gasteiger partial charge is 0.324 e. The van der Waals surface area contributed by atoms with Crippen molar-refractivity contribution in [1.82, 2.24) is 9.55 Å². The lowest BCUT2D eigenvalue weighted by Gasteiger charge is -2.18.